The fourth-order valence-corrected chi connectivity index (χ4v) is 4.72. The zero-order valence-electron chi connectivity index (χ0n) is 17.0. The molecule has 4 rings (SSSR count). The van der Waals surface area contributed by atoms with E-state index in [1.165, 1.54) is 5.56 Å². The summed E-state index contributed by atoms with van der Waals surface area (Å²) in [7, 11) is 0. The topological polar surface area (TPSA) is 54.5 Å². The van der Waals surface area contributed by atoms with Crippen LogP contribution in [-0.4, -0.2) is 30.6 Å². The summed E-state index contributed by atoms with van der Waals surface area (Å²) < 4.78 is 6.72. The van der Waals surface area contributed by atoms with Crippen LogP contribution in [0.15, 0.2) is 42.5 Å². The number of nitrogens with zero attached hydrogens (tertiary/aromatic N) is 2. The van der Waals surface area contributed by atoms with Gasteiger partial charge in [-0.1, -0.05) is 41.2 Å². The Bertz CT molecular complexity index is 983. The van der Waals surface area contributed by atoms with Gasteiger partial charge in [0.1, 0.15) is 5.75 Å². The summed E-state index contributed by atoms with van der Waals surface area (Å²) in [5, 5.41) is 4.10. The number of aromatic nitrogens is 1. The van der Waals surface area contributed by atoms with Crippen LogP contribution in [0.2, 0.25) is 0 Å². The molecule has 1 aliphatic heterocycles. The molecule has 152 valence electrons. The van der Waals surface area contributed by atoms with E-state index in [-0.39, 0.29) is 11.8 Å². The number of hydrogen-bond donors (Lipinski definition) is 1. The number of ether oxygens (including phenoxy) is 1. The average Bonchev–Trinajstić information content (AvgIpc) is 3.17. The van der Waals surface area contributed by atoms with Crippen LogP contribution < -0.4 is 15.0 Å². The molecule has 0 radical (unpaired) electrons. The zero-order valence-corrected chi connectivity index (χ0v) is 17.8. The Labute approximate surface area is 175 Å². The predicted molar refractivity (Wildman–Crippen MR) is 119 cm³/mol. The molecule has 1 aromatic heterocycles. The summed E-state index contributed by atoms with van der Waals surface area (Å²) in [6, 6.07) is 14.3. The molecule has 0 spiro atoms. The molecular weight excluding hydrogens is 382 g/mol. The minimum atomic E-state index is 0.000182. The fraction of sp³-hybridized carbons (Fsp3) is 0.391. The number of anilines is 1. The molecule has 0 saturated carbocycles. The zero-order chi connectivity index (χ0) is 20.2. The van der Waals surface area contributed by atoms with Gasteiger partial charge in [-0.2, -0.15) is 0 Å². The number of amides is 1. The Hall–Kier alpha value is -2.60. The summed E-state index contributed by atoms with van der Waals surface area (Å²) in [5.41, 5.74) is 3.35. The number of aryl methyl sites for hydroxylation is 1. The fourth-order valence-electron chi connectivity index (χ4n) is 3.69. The van der Waals surface area contributed by atoms with Crippen LogP contribution in [0, 0.1) is 12.8 Å². The second-order valence-corrected chi connectivity index (χ2v) is 8.56. The molecule has 1 aliphatic rings. The van der Waals surface area contributed by atoms with Gasteiger partial charge in [-0.3, -0.25) is 4.79 Å². The standard InChI is InChI=1S/C23H27N3O2S/c1-3-28-19-10-11-20-21(13-19)29-23(25-20)26-12-4-5-18(15-26)22(27)24-14-17-8-6-16(2)7-9-17/h6-11,13,18H,3-5,12,14-15H2,1-2H3,(H,24,27)/t18-/m0/s1. The highest BCUT2D eigenvalue weighted by Crippen LogP contribution is 2.33. The third-order valence-electron chi connectivity index (χ3n) is 5.31. The normalized spacial score (nSPS) is 16.8. The summed E-state index contributed by atoms with van der Waals surface area (Å²) in [6.07, 6.45) is 1.93. The Kier molecular flexibility index (Phi) is 6.00. The molecule has 29 heavy (non-hydrogen) atoms. The van der Waals surface area contributed by atoms with Gasteiger partial charge in [-0.25, -0.2) is 4.98 Å². The van der Waals surface area contributed by atoms with E-state index in [1.54, 1.807) is 11.3 Å². The molecule has 1 fully saturated rings. The molecule has 6 heteroatoms. The number of fused-ring (bicyclic) bond motifs is 1. The van der Waals surface area contributed by atoms with Gasteiger partial charge in [0.05, 0.1) is 22.7 Å². The predicted octanol–water partition coefficient (Wildman–Crippen LogP) is 4.54. The van der Waals surface area contributed by atoms with E-state index in [4.69, 9.17) is 9.72 Å². The monoisotopic (exact) mass is 409 g/mol. The molecule has 1 N–H and O–H groups in total. The molecule has 1 atom stereocenters. The number of piperidine rings is 1. The largest absolute Gasteiger partial charge is 0.494 e. The van der Waals surface area contributed by atoms with Crippen LogP contribution in [0.1, 0.15) is 30.9 Å². The van der Waals surface area contributed by atoms with Crippen molar-refractivity contribution in [2.45, 2.75) is 33.2 Å². The molecule has 1 amide bonds. The lowest BCUT2D eigenvalue weighted by atomic mass is 9.97. The van der Waals surface area contributed by atoms with Crippen molar-refractivity contribution in [2.75, 3.05) is 24.6 Å². The highest BCUT2D eigenvalue weighted by atomic mass is 32.1. The van der Waals surface area contributed by atoms with E-state index in [9.17, 15) is 4.79 Å². The van der Waals surface area contributed by atoms with Crippen molar-refractivity contribution in [3.05, 3.63) is 53.6 Å². The quantitative estimate of drug-likeness (QED) is 0.650. The van der Waals surface area contributed by atoms with Crippen LogP contribution in [0.4, 0.5) is 5.13 Å². The van der Waals surface area contributed by atoms with E-state index < -0.39 is 0 Å². The van der Waals surface area contributed by atoms with Gasteiger partial charge in [0.2, 0.25) is 5.91 Å². The number of hydrogen-bond acceptors (Lipinski definition) is 5. The molecule has 5 nitrogen and oxygen atoms in total. The lowest BCUT2D eigenvalue weighted by Crippen LogP contribution is -2.42. The highest BCUT2D eigenvalue weighted by molar-refractivity contribution is 7.22. The minimum Gasteiger partial charge on any atom is -0.494 e. The Morgan fingerprint density at radius 1 is 1.28 bits per heavy atom. The molecule has 1 saturated heterocycles. The average molecular weight is 410 g/mol. The van der Waals surface area contributed by atoms with Crippen molar-refractivity contribution >= 4 is 32.6 Å². The van der Waals surface area contributed by atoms with E-state index in [1.807, 2.05) is 19.1 Å². The summed E-state index contributed by atoms with van der Waals surface area (Å²) in [6.45, 7) is 6.95. The van der Waals surface area contributed by atoms with Crippen LogP contribution >= 0.6 is 11.3 Å². The van der Waals surface area contributed by atoms with Gasteiger partial charge >= 0.3 is 0 Å². The highest BCUT2D eigenvalue weighted by Gasteiger charge is 2.27. The number of carbonyl (C=O) groups excluding carboxylic acids is 1. The number of rotatable bonds is 6. The lowest BCUT2D eigenvalue weighted by molar-refractivity contribution is -0.125. The van der Waals surface area contributed by atoms with Gasteiger partial charge in [0.15, 0.2) is 5.13 Å². The first-order valence-electron chi connectivity index (χ1n) is 10.2. The Morgan fingerprint density at radius 2 is 2.10 bits per heavy atom. The third-order valence-corrected chi connectivity index (χ3v) is 6.39. The Morgan fingerprint density at radius 3 is 2.90 bits per heavy atom. The number of thiazole rings is 1. The van der Waals surface area contributed by atoms with Gasteiger partial charge in [-0.05, 0) is 50.5 Å². The van der Waals surface area contributed by atoms with Crippen molar-refractivity contribution in [2.24, 2.45) is 5.92 Å². The number of benzene rings is 2. The van der Waals surface area contributed by atoms with Crippen molar-refractivity contribution in [1.29, 1.82) is 0 Å². The van der Waals surface area contributed by atoms with Crippen LogP contribution in [0.25, 0.3) is 10.2 Å². The van der Waals surface area contributed by atoms with Gasteiger partial charge in [-0.15, -0.1) is 0 Å². The molecule has 0 aliphatic carbocycles. The van der Waals surface area contributed by atoms with E-state index >= 15 is 0 Å². The summed E-state index contributed by atoms with van der Waals surface area (Å²) in [4.78, 5) is 19.8. The molecule has 2 aromatic carbocycles. The minimum absolute atomic E-state index is 0.000182. The second kappa shape index (κ2) is 8.82. The van der Waals surface area contributed by atoms with E-state index in [0.717, 1.165) is 52.6 Å². The van der Waals surface area contributed by atoms with Crippen molar-refractivity contribution in [1.82, 2.24) is 10.3 Å². The third kappa shape index (κ3) is 4.70. The summed E-state index contributed by atoms with van der Waals surface area (Å²) in [5.74, 6) is 1.01. The second-order valence-electron chi connectivity index (χ2n) is 7.55. The van der Waals surface area contributed by atoms with E-state index in [0.29, 0.717) is 13.2 Å². The first kappa shape index (κ1) is 19.7. The SMILES string of the molecule is CCOc1ccc2nc(N3CCC[C@H](C(=O)NCc4ccc(C)cc4)C3)sc2c1. The molecule has 3 aromatic rings. The maximum Gasteiger partial charge on any atom is 0.225 e. The molecule has 0 unspecified atom stereocenters. The van der Waals surface area contributed by atoms with Crippen LogP contribution in [0.5, 0.6) is 5.75 Å². The maximum atomic E-state index is 12.7. The molecule has 2 heterocycles. The maximum absolute atomic E-state index is 12.7. The van der Waals surface area contributed by atoms with Crippen LogP contribution in [-0.2, 0) is 11.3 Å². The number of nitrogens with one attached hydrogen (secondary N) is 1. The molecule has 0 bridgehead atoms. The van der Waals surface area contributed by atoms with E-state index in [2.05, 4.69) is 47.5 Å². The summed E-state index contributed by atoms with van der Waals surface area (Å²) >= 11 is 1.67. The molecular formula is C23H27N3O2S. The van der Waals surface area contributed by atoms with Gasteiger partial charge < -0.3 is 15.0 Å². The number of carbonyl (C=O) groups is 1. The van der Waals surface area contributed by atoms with Crippen molar-refractivity contribution in [3.8, 4) is 5.75 Å². The van der Waals surface area contributed by atoms with Gasteiger partial charge in [0, 0.05) is 19.6 Å². The Balaban J connectivity index is 1.40. The van der Waals surface area contributed by atoms with Gasteiger partial charge in [0.25, 0.3) is 0 Å². The smallest absolute Gasteiger partial charge is 0.225 e. The van der Waals surface area contributed by atoms with Crippen molar-refractivity contribution < 1.29 is 9.53 Å². The first-order valence-corrected chi connectivity index (χ1v) is 11.1. The first-order chi connectivity index (χ1) is 14.1. The van der Waals surface area contributed by atoms with Crippen LogP contribution in [0.3, 0.4) is 0 Å². The van der Waals surface area contributed by atoms with Crippen molar-refractivity contribution in [3.63, 3.8) is 0 Å². The lowest BCUT2D eigenvalue weighted by Gasteiger charge is -2.31.